The Bertz CT molecular complexity index is 728. The van der Waals surface area contributed by atoms with Gasteiger partial charge in [0, 0.05) is 25.8 Å². The summed E-state index contributed by atoms with van der Waals surface area (Å²) in [5, 5.41) is 11.1. The number of amides is 2. The van der Waals surface area contributed by atoms with Crippen molar-refractivity contribution in [2.45, 2.75) is 26.7 Å². The molecule has 2 N–H and O–H groups in total. The molecule has 1 heterocycles. The Balaban J connectivity index is 1.73. The molecular formula is C17H22Cl2N4O. The molecule has 0 atom stereocenters. The number of urea groups is 1. The second kappa shape index (κ2) is 8.40. The maximum atomic E-state index is 11.8. The summed E-state index contributed by atoms with van der Waals surface area (Å²) in [7, 11) is 1.92. The Kier molecular flexibility index (Phi) is 6.52. The van der Waals surface area contributed by atoms with E-state index >= 15 is 0 Å². The lowest BCUT2D eigenvalue weighted by Gasteiger charge is -2.09. The lowest BCUT2D eigenvalue weighted by Crippen LogP contribution is -2.37. The number of carbonyl (C=O) groups is 1. The van der Waals surface area contributed by atoms with Crippen LogP contribution in [-0.2, 0) is 19.9 Å². The van der Waals surface area contributed by atoms with E-state index in [1.54, 1.807) is 6.07 Å². The van der Waals surface area contributed by atoms with Crippen LogP contribution in [0.1, 0.15) is 22.5 Å². The molecule has 0 aliphatic heterocycles. The Morgan fingerprint density at radius 1 is 1.17 bits per heavy atom. The zero-order valence-corrected chi connectivity index (χ0v) is 15.6. The highest BCUT2D eigenvalue weighted by molar-refractivity contribution is 6.42. The highest BCUT2D eigenvalue weighted by atomic mass is 35.5. The van der Waals surface area contributed by atoms with E-state index in [2.05, 4.69) is 15.7 Å². The molecule has 0 bridgehead atoms. The van der Waals surface area contributed by atoms with Crippen LogP contribution in [0.15, 0.2) is 18.2 Å². The summed E-state index contributed by atoms with van der Waals surface area (Å²) in [6.07, 6.45) is 1.40. The van der Waals surface area contributed by atoms with E-state index < -0.39 is 0 Å². The predicted octanol–water partition coefficient (Wildman–Crippen LogP) is 3.43. The third kappa shape index (κ3) is 4.65. The van der Waals surface area contributed by atoms with Gasteiger partial charge >= 0.3 is 6.03 Å². The number of aromatic nitrogens is 2. The van der Waals surface area contributed by atoms with Crippen LogP contribution in [0.5, 0.6) is 0 Å². The molecule has 0 saturated carbocycles. The van der Waals surface area contributed by atoms with Gasteiger partial charge in [0.1, 0.15) is 0 Å². The number of aryl methyl sites for hydroxylation is 2. The standard InChI is InChI=1S/C17H22Cl2N4O/c1-11-14(12(2)23(3)22-11)8-10-21-17(24)20-9-7-13-5-4-6-15(18)16(13)19/h4-6H,7-10H2,1-3H3,(H2,20,21,24). The summed E-state index contributed by atoms with van der Waals surface area (Å²) in [6.45, 7) is 5.08. The molecular weight excluding hydrogens is 347 g/mol. The minimum Gasteiger partial charge on any atom is -0.338 e. The molecule has 2 aromatic rings. The normalized spacial score (nSPS) is 10.7. The third-order valence-corrected chi connectivity index (χ3v) is 4.89. The number of benzene rings is 1. The first-order chi connectivity index (χ1) is 11.4. The maximum Gasteiger partial charge on any atom is 0.314 e. The van der Waals surface area contributed by atoms with Crippen LogP contribution in [0.25, 0.3) is 0 Å². The largest absolute Gasteiger partial charge is 0.338 e. The van der Waals surface area contributed by atoms with Crippen molar-refractivity contribution in [3.8, 4) is 0 Å². The van der Waals surface area contributed by atoms with Gasteiger partial charge in [-0.1, -0.05) is 35.3 Å². The molecule has 0 aliphatic carbocycles. The van der Waals surface area contributed by atoms with Crippen molar-refractivity contribution in [3.05, 3.63) is 50.8 Å². The SMILES string of the molecule is Cc1nn(C)c(C)c1CCNC(=O)NCCc1cccc(Cl)c1Cl. The van der Waals surface area contributed by atoms with E-state index in [0.29, 0.717) is 29.6 Å². The minimum atomic E-state index is -0.188. The molecule has 2 rings (SSSR count). The Hall–Kier alpha value is -1.72. The van der Waals surface area contributed by atoms with E-state index in [0.717, 1.165) is 23.4 Å². The van der Waals surface area contributed by atoms with Gasteiger partial charge in [-0.3, -0.25) is 4.68 Å². The van der Waals surface area contributed by atoms with E-state index in [1.165, 1.54) is 5.56 Å². The number of hydrogen-bond acceptors (Lipinski definition) is 2. The van der Waals surface area contributed by atoms with Crippen molar-refractivity contribution in [1.29, 1.82) is 0 Å². The lowest BCUT2D eigenvalue weighted by atomic mass is 10.1. The van der Waals surface area contributed by atoms with Gasteiger partial charge in [0.05, 0.1) is 15.7 Å². The van der Waals surface area contributed by atoms with E-state index in [1.807, 2.05) is 37.7 Å². The Morgan fingerprint density at radius 2 is 1.83 bits per heavy atom. The van der Waals surface area contributed by atoms with E-state index in [4.69, 9.17) is 23.2 Å². The van der Waals surface area contributed by atoms with Gasteiger partial charge in [-0.2, -0.15) is 5.10 Å². The van der Waals surface area contributed by atoms with Gasteiger partial charge in [0.2, 0.25) is 0 Å². The van der Waals surface area contributed by atoms with Crippen LogP contribution >= 0.6 is 23.2 Å². The van der Waals surface area contributed by atoms with Crippen molar-refractivity contribution in [2.75, 3.05) is 13.1 Å². The van der Waals surface area contributed by atoms with Gasteiger partial charge in [-0.25, -0.2) is 4.79 Å². The monoisotopic (exact) mass is 368 g/mol. The van der Waals surface area contributed by atoms with Crippen LogP contribution in [-0.4, -0.2) is 28.9 Å². The average Bonchev–Trinajstić information content (AvgIpc) is 2.77. The highest BCUT2D eigenvalue weighted by Crippen LogP contribution is 2.25. The molecule has 0 radical (unpaired) electrons. The minimum absolute atomic E-state index is 0.188. The molecule has 1 aromatic carbocycles. The zero-order chi connectivity index (χ0) is 17.7. The number of rotatable bonds is 6. The molecule has 7 heteroatoms. The molecule has 0 spiro atoms. The second-order valence-corrected chi connectivity index (χ2v) is 6.45. The molecule has 2 amide bonds. The summed E-state index contributed by atoms with van der Waals surface area (Å²) in [5.74, 6) is 0. The van der Waals surface area contributed by atoms with Crippen LogP contribution in [0.4, 0.5) is 4.79 Å². The van der Waals surface area contributed by atoms with Crippen molar-refractivity contribution < 1.29 is 4.79 Å². The van der Waals surface area contributed by atoms with Crippen LogP contribution in [0.2, 0.25) is 10.0 Å². The van der Waals surface area contributed by atoms with Gasteiger partial charge in [0.15, 0.2) is 0 Å². The second-order valence-electron chi connectivity index (χ2n) is 5.67. The van der Waals surface area contributed by atoms with Gasteiger partial charge in [-0.15, -0.1) is 0 Å². The van der Waals surface area contributed by atoms with E-state index in [9.17, 15) is 4.79 Å². The summed E-state index contributed by atoms with van der Waals surface area (Å²) < 4.78 is 1.86. The van der Waals surface area contributed by atoms with Crippen molar-refractivity contribution in [2.24, 2.45) is 7.05 Å². The van der Waals surface area contributed by atoms with Gasteiger partial charge in [-0.05, 0) is 43.9 Å². The number of carbonyl (C=O) groups excluding carboxylic acids is 1. The summed E-state index contributed by atoms with van der Waals surface area (Å²) >= 11 is 12.1. The number of halogens is 2. The summed E-state index contributed by atoms with van der Waals surface area (Å²) in [5.41, 5.74) is 4.24. The molecule has 130 valence electrons. The molecule has 1 aromatic heterocycles. The lowest BCUT2D eigenvalue weighted by molar-refractivity contribution is 0.241. The first-order valence-electron chi connectivity index (χ1n) is 7.83. The molecule has 5 nitrogen and oxygen atoms in total. The van der Waals surface area contributed by atoms with Gasteiger partial charge < -0.3 is 10.6 Å². The highest BCUT2D eigenvalue weighted by Gasteiger charge is 2.09. The fourth-order valence-electron chi connectivity index (χ4n) is 2.60. The quantitative estimate of drug-likeness (QED) is 0.820. The molecule has 0 saturated heterocycles. The predicted molar refractivity (Wildman–Crippen MR) is 98.0 cm³/mol. The molecule has 0 unspecified atom stereocenters. The third-order valence-electron chi connectivity index (χ3n) is 4.03. The smallest absolute Gasteiger partial charge is 0.314 e. The summed E-state index contributed by atoms with van der Waals surface area (Å²) in [6, 6.07) is 5.31. The fraction of sp³-hybridized carbons (Fsp3) is 0.412. The van der Waals surface area contributed by atoms with Crippen molar-refractivity contribution >= 4 is 29.2 Å². The van der Waals surface area contributed by atoms with Crippen molar-refractivity contribution in [1.82, 2.24) is 20.4 Å². The number of hydrogen-bond donors (Lipinski definition) is 2. The zero-order valence-electron chi connectivity index (χ0n) is 14.1. The first-order valence-corrected chi connectivity index (χ1v) is 8.59. The Labute approximate surface area is 152 Å². The Morgan fingerprint density at radius 3 is 2.46 bits per heavy atom. The van der Waals surface area contributed by atoms with E-state index in [-0.39, 0.29) is 6.03 Å². The number of nitrogens with zero attached hydrogens (tertiary/aromatic N) is 2. The van der Waals surface area contributed by atoms with Crippen LogP contribution in [0.3, 0.4) is 0 Å². The first kappa shape index (κ1) is 18.6. The molecule has 24 heavy (non-hydrogen) atoms. The molecule has 0 aliphatic rings. The average molecular weight is 369 g/mol. The van der Waals surface area contributed by atoms with Crippen molar-refractivity contribution in [3.63, 3.8) is 0 Å². The summed E-state index contributed by atoms with van der Waals surface area (Å²) in [4.78, 5) is 11.8. The fourth-order valence-corrected chi connectivity index (χ4v) is 3.01. The topological polar surface area (TPSA) is 59.0 Å². The maximum absolute atomic E-state index is 11.8. The number of nitrogens with one attached hydrogen (secondary N) is 2. The van der Waals surface area contributed by atoms with Crippen LogP contribution < -0.4 is 10.6 Å². The van der Waals surface area contributed by atoms with Gasteiger partial charge in [0.25, 0.3) is 0 Å². The van der Waals surface area contributed by atoms with Crippen LogP contribution in [0, 0.1) is 13.8 Å². The molecule has 0 fully saturated rings.